The Balaban J connectivity index is 2.06. The van der Waals surface area contributed by atoms with Gasteiger partial charge in [0.05, 0.1) is 11.7 Å². The van der Waals surface area contributed by atoms with Crippen LogP contribution in [-0.2, 0) is 4.79 Å². The standard InChI is InChI=1S/C18H18ClNO2S/c1-11-4-2-3-5-14(11)18-15-8-12(19)6-7-16(15)20-10-13(23-18)9-17(21)22/h2-8,13,18,20H,9-10H2,1H3,(H,21,22). The predicted octanol–water partition coefficient (Wildman–Crippen LogP) is 4.74. The van der Waals surface area contributed by atoms with Gasteiger partial charge in [-0.15, -0.1) is 11.8 Å². The highest BCUT2D eigenvalue weighted by atomic mass is 35.5. The molecule has 2 atom stereocenters. The molecule has 0 radical (unpaired) electrons. The van der Waals surface area contributed by atoms with E-state index in [0.29, 0.717) is 11.6 Å². The lowest BCUT2D eigenvalue weighted by Gasteiger charge is -2.22. The van der Waals surface area contributed by atoms with Gasteiger partial charge in [0.2, 0.25) is 0 Å². The molecule has 0 saturated heterocycles. The monoisotopic (exact) mass is 347 g/mol. The van der Waals surface area contributed by atoms with Crippen LogP contribution in [0, 0.1) is 6.92 Å². The summed E-state index contributed by atoms with van der Waals surface area (Å²) in [6.45, 7) is 2.72. The second-order valence-corrected chi connectivity index (χ2v) is 7.55. The highest BCUT2D eigenvalue weighted by molar-refractivity contribution is 8.00. The third-order valence-corrected chi connectivity index (χ3v) is 5.75. The lowest BCUT2D eigenvalue weighted by molar-refractivity contribution is -0.136. The summed E-state index contributed by atoms with van der Waals surface area (Å²) in [5.41, 5.74) is 4.56. The molecule has 2 aromatic rings. The number of carboxylic acids is 1. The first-order valence-electron chi connectivity index (χ1n) is 7.50. The summed E-state index contributed by atoms with van der Waals surface area (Å²) in [7, 11) is 0. The van der Waals surface area contributed by atoms with Gasteiger partial charge in [-0.3, -0.25) is 4.79 Å². The maximum Gasteiger partial charge on any atom is 0.304 e. The van der Waals surface area contributed by atoms with Gasteiger partial charge in [-0.1, -0.05) is 35.9 Å². The van der Waals surface area contributed by atoms with Gasteiger partial charge in [-0.2, -0.15) is 0 Å². The van der Waals surface area contributed by atoms with Gasteiger partial charge in [0.25, 0.3) is 0 Å². The van der Waals surface area contributed by atoms with Crippen molar-refractivity contribution in [2.75, 3.05) is 11.9 Å². The Morgan fingerprint density at radius 2 is 2.09 bits per heavy atom. The zero-order chi connectivity index (χ0) is 16.4. The number of aryl methyl sites for hydroxylation is 1. The second-order valence-electron chi connectivity index (χ2n) is 5.71. The number of carboxylic acid groups (broad SMARTS) is 1. The number of nitrogens with one attached hydrogen (secondary N) is 1. The van der Waals surface area contributed by atoms with Crippen molar-refractivity contribution >= 4 is 35.0 Å². The van der Waals surface area contributed by atoms with Crippen LogP contribution in [0.15, 0.2) is 42.5 Å². The normalized spacial score (nSPS) is 20.3. The van der Waals surface area contributed by atoms with Crippen LogP contribution < -0.4 is 5.32 Å². The summed E-state index contributed by atoms with van der Waals surface area (Å²) in [6.07, 6.45) is 0.141. The molecule has 3 nitrogen and oxygen atoms in total. The van der Waals surface area contributed by atoms with Crippen molar-refractivity contribution in [3.05, 3.63) is 64.2 Å². The van der Waals surface area contributed by atoms with Crippen molar-refractivity contribution in [3.8, 4) is 0 Å². The number of anilines is 1. The molecular formula is C18H18ClNO2S. The highest BCUT2D eigenvalue weighted by Gasteiger charge is 2.28. The fourth-order valence-corrected chi connectivity index (χ4v) is 4.62. The molecule has 2 N–H and O–H groups in total. The zero-order valence-electron chi connectivity index (χ0n) is 12.8. The molecule has 0 aliphatic carbocycles. The molecule has 120 valence electrons. The lowest BCUT2D eigenvalue weighted by atomic mass is 9.98. The van der Waals surface area contributed by atoms with E-state index in [9.17, 15) is 4.79 Å². The number of rotatable bonds is 3. The van der Waals surface area contributed by atoms with E-state index in [-0.39, 0.29) is 16.9 Å². The van der Waals surface area contributed by atoms with Gasteiger partial charge in [0.15, 0.2) is 0 Å². The second kappa shape index (κ2) is 6.85. The number of benzene rings is 2. The number of carbonyl (C=O) groups is 1. The van der Waals surface area contributed by atoms with Crippen LogP contribution in [0.4, 0.5) is 5.69 Å². The lowest BCUT2D eigenvalue weighted by Crippen LogP contribution is -2.19. The molecule has 0 fully saturated rings. The van der Waals surface area contributed by atoms with Crippen LogP contribution in [0.5, 0.6) is 0 Å². The van der Waals surface area contributed by atoms with E-state index in [2.05, 4.69) is 24.4 Å². The molecular weight excluding hydrogens is 330 g/mol. The van der Waals surface area contributed by atoms with Crippen LogP contribution >= 0.6 is 23.4 Å². The average Bonchev–Trinajstić information content (AvgIpc) is 2.67. The Bertz CT molecular complexity index is 735. The first kappa shape index (κ1) is 16.2. The molecule has 0 saturated carbocycles. The van der Waals surface area contributed by atoms with Crippen LogP contribution in [-0.4, -0.2) is 22.9 Å². The maximum atomic E-state index is 11.2. The molecule has 0 amide bonds. The van der Waals surface area contributed by atoms with E-state index in [1.807, 2.05) is 30.3 Å². The van der Waals surface area contributed by atoms with E-state index < -0.39 is 5.97 Å². The Morgan fingerprint density at radius 3 is 2.83 bits per heavy atom. The maximum absolute atomic E-state index is 11.2. The molecule has 0 aromatic heterocycles. The fraction of sp³-hybridized carbons (Fsp3) is 0.278. The molecule has 1 aliphatic rings. The van der Waals surface area contributed by atoms with Crippen molar-refractivity contribution in [2.45, 2.75) is 23.8 Å². The fourth-order valence-electron chi connectivity index (χ4n) is 2.89. The summed E-state index contributed by atoms with van der Waals surface area (Å²) in [5.74, 6) is -0.767. The van der Waals surface area contributed by atoms with Gasteiger partial charge in [0.1, 0.15) is 0 Å². The summed E-state index contributed by atoms with van der Waals surface area (Å²) in [4.78, 5) is 11.2. The Kier molecular flexibility index (Phi) is 4.83. The quantitative estimate of drug-likeness (QED) is 0.842. The first-order valence-corrected chi connectivity index (χ1v) is 8.83. The average molecular weight is 348 g/mol. The van der Waals surface area contributed by atoms with Crippen molar-refractivity contribution < 1.29 is 9.90 Å². The van der Waals surface area contributed by atoms with E-state index in [0.717, 1.165) is 11.3 Å². The van der Waals surface area contributed by atoms with Crippen LogP contribution in [0.3, 0.4) is 0 Å². The number of fused-ring (bicyclic) bond motifs is 1. The molecule has 2 unspecified atom stereocenters. The molecule has 0 bridgehead atoms. The molecule has 0 spiro atoms. The van der Waals surface area contributed by atoms with E-state index >= 15 is 0 Å². The van der Waals surface area contributed by atoms with E-state index in [1.54, 1.807) is 11.8 Å². The van der Waals surface area contributed by atoms with Gasteiger partial charge in [-0.25, -0.2) is 0 Å². The Labute approximate surface area is 145 Å². The highest BCUT2D eigenvalue weighted by Crippen LogP contribution is 2.46. The number of thioether (sulfide) groups is 1. The van der Waals surface area contributed by atoms with E-state index in [1.165, 1.54) is 11.1 Å². The molecule has 5 heteroatoms. The van der Waals surface area contributed by atoms with Crippen molar-refractivity contribution in [3.63, 3.8) is 0 Å². The van der Waals surface area contributed by atoms with Crippen LogP contribution in [0.25, 0.3) is 0 Å². The van der Waals surface area contributed by atoms with Gasteiger partial charge < -0.3 is 10.4 Å². The molecule has 2 aromatic carbocycles. The summed E-state index contributed by atoms with van der Waals surface area (Å²) < 4.78 is 0. The minimum absolute atomic E-state index is 0.00304. The molecule has 1 aliphatic heterocycles. The van der Waals surface area contributed by atoms with Gasteiger partial charge >= 0.3 is 5.97 Å². The minimum atomic E-state index is -0.767. The van der Waals surface area contributed by atoms with Crippen LogP contribution in [0.1, 0.15) is 28.4 Å². The summed E-state index contributed by atoms with van der Waals surface area (Å²) >= 11 is 7.91. The summed E-state index contributed by atoms with van der Waals surface area (Å²) in [6, 6.07) is 14.1. The number of hydrogen-bond donors (Lipinski definition) is 2. The van der Waals surface area contributed by atoms with Crippen molar-refractivity contribution in [1.29, 1.82) is 0 Å². The topological polar surface area (TPSA) is 49.3 Å². The first-order chi connectivity index (χ1) is 11.0. The van der Waals surface area contributed by atoms with Crippen molar-refractivity contribution in [2.24, 2.45) is 0 Å². The largest absolute Gasteiger partial charge is 0.481 e. The predicted molar refractivity (Wildman–Crippen MR) is 96.6 cm³/mol. The third kappa shape index (κ3) is 3.65. The zero-order valence-corrected chi connectivity index (χ0v) is 14.3. The minimum Gasteiger partial charge on any atom is -0.481 e. The SMILES string of the molecule is Cc1ccccc1C1SC(CC(=O)O)CNc2ccc(Cl)cc21. The van der Waals surface area contributed by atoms with Crippen LogP contribution in [0.2, 0.25) is 5.02 Å². The van der Waals surface area contributed by atoms with Gasteiger partial charge in [-0.05, 0) is 41.8 Å². The summed E-state index contributed by atoms with van der Waals surface area (Å²) in [5, 5.41) is 13.3. The number of hydrogen-bond acceptors (Lipinski definition) is 3. The third-order valence-electron chi connectivity index (χ3n) is 4.02. The Morgan fingerprint density at radius 1 is 1.30 bits per heavy atom. The van der Waals surface area contributed by atoms with Gasteiger partial charge in [0, 0.05) is 22.5 Å². The molecule has 1 heterocycles. The smallest absolute Gasteiger partial charge is 0.304 e. The Hall–Kier alpha value is -1.65. The number of aliphatic carboxylic acids is 1. The van der Waals surface area contributed by atoms with Crippen molar-refractivity contribution in [1.82, 2.24) is 0 Å². The molecule has 23 heavy (non-hydrogen) atoms. The van der Waals surface area contributed by atoms with E-state index in [4.69, 9.17) is 16.7 Å². The number of halogens is 1. The molecule has 3 rings (SSSR count).